The monoisotopic (exact) mass is 244 g/mol. The minimum absolute atomic E-state index is 0.0725. The van der Waals surface area contributed by atoms with Crippen LogP contribution in [0.25, 0.3) is 6.08 Å². The van der Waals surface area contributed by atoms with Crippen LogP contribution < -0.4 is 5.32 Å². The number of nitrogens with one attached hydrogen (secondary N) is 1. The summed E-state index contributed by atoms with van der Waals surface area (Å²) < 4.78 is 38.4. The van der Waals surface area contributed by atoms with Gasteiger partial charge in [-0.25, -0.2) is 0 Å². The highest BCUT2D eigenvalue weighted by atomic mass is 19.4. The van der Waals surface area contributed by atoms with Gasteiger partial charge in [0.15, 0.2) is 0 Å². The average molecular weight is 244 g/mol. The summed E-state index contributed by atoms with van der Waals surface area (Å²) >= 11 is 0. The zero-order valence-corrected chi connectivity index (χ0v) is 9.35. The van der Waals surface area contributed by atoms with Crippen molar-refractivity contribution >= 4 is 12.0 Å². The van der Waals surface area contributed by atoms with Gasteiger partial charge in [0.05, 0.1) is 16.8 Å². The predicted octanol–water partition coefficient (Wildman–Crippen LogP) is 2.41. The van der Waals surface area contributed by atoms with Crippen LogP contribution in [-0.4, -0.2) is 17.9 Å². The van der Waals surface area contributed by atoms with E-state index in [0.29, 0.717) is 0 Å². The van der Waals surface area contributed by atoms with Crippen LogP contribution in [0.4, 0.5) is 13.2 Å². The van der Waals surface area contributed by atoms with Gasteiger partial charge in [-0.1, -0.05) is 6.58 Å². The SMILES string of the molecule is C=Cc1nc(C)cc(C(F)(F)F)c1C(=O)NC. The third kappa shape index (κ3) is 2.64. The number of halogens is 3. The minimum Gasteiger partial charge on any atom is -0.355 e. The second-order valence-electron chi connectivity index (χ2n) is 3.35. The van der Waals surface area contributed by atoms with Gasteiger partial charge in [-0.05, 0) is 19.1 Å². The zero-order valence-electron chi connectivity index (χ0n) is 9.35. The van der Waals surface area contributed by atoms with Crippen LogP contribution in [0, 0.1) is 6.92 Å². The molecule has 1 aromatic rings. The van der Waals surface area contributed by atoms with E-state index >= 15 is 0 Å². The third-order valence-electron chi connectivity index (χ3n) is 2.13. The van der Waals surface area contributed by atoms with Crippen molar-refractivity contribution in [2.24, 2.45) is 0 Å². The molecule has 17 heavy (non-hydrogen) atoms. The minimum atomic E-state index is -4.60. The molecule has 1 N–H and O–H groups in total. The Morgan fingerprint density at radius 3 is 2.53 bits per heavy atom. The molecule has 0 aromatic carbocycles. The maximum absolute atomic E-state index is 12.8. The molecule has 1 aromatic heterocycles. The molecule has 0 aliphatic heterocycles. The smallest absolute Gasteiger partial charge is 0.355 e. The summed E-state index contributed by atoms with van der Waals surface area (Å²) in [5, 5.41) is 2.16. The number of nitrogens with zero attached hydrogens (tertiary/aromatic N) is 1. The maximum atomic E-state index is 12.8. The Labute approximate surface area is 96.4 Å². The number of hydrogen-bond donors (Lipinski definition) is 1. The van der Waals surface area contributed by atoms with Crippen LogP contribution in [0.3, 0.4) is 0 Å². The van der Waals surface area contributed by atoms with Gasteiger partial charge in [-0.3, -0.25) is 9.78 Å². The quantitative estimate of drug-likeness (QED) is 0.868. The molecule has 0 bridgehead atoms. The molecule has 1 heterocycles. The molecule has 0 unspecified atom stereocenters. The van der Waals surface area contributed by atoms with Crippen molar-refractivity contribution in [3.63, 3.8) is 0 Å². The van der Waals surface area contributed by atoms with Gasteiger partial charge in [0, 0.05) is 12.7 Å². The van der Waals surface area contributed by atoms with Gasteiger partial charge in [0.1, 0.15) is 0 Å². The van der Waals surface area contributed by atoms with E-state index < -0.39 is 23.2 Å². The van der Waals surface area contributed by atoms with E-state index in [1.807, 2.05) is 0 Å². The number of amides is 1. The van der Waals surface area contributed by atoms with Gasteiger partial charge < -0.3 is 5.32 Å². The molecule has 0 saturated heterocycles. The van der Waals surface area contributed by atoms with Crippen molar-refractivity contribution in [2.75, 3.05) is 7.05 Å². The number of alkyl halides is 3. The summed E-state index contributed by atoms with van der Waals surface area (Å²) in [7, 11) is 1.26. The number of hydrogen-bond acceptors (Lipinski definition) is 2. The Morgan fingerprint density at radius 1 is 1.53 bits per heavy atom. The van der Waals surface area contributed by atoms with E-state index in [4.69, 9.17) is 0 Å². The van der Waals surface area contributed by atoms with Gasteiger partial charge >= 0.3 is 6.18 Å². The fourth-order valence-electron chi connectivity index (χ4n) is 1.43. The second kappa shape index (κ2) is 4.57. The Kier molecular flexibility index (Phi) is 3.55. The van der Waals surface area contributed by atoms with Gasteiger partial charge in [-0.2, -0.15) is 13.2 Å². The number of carbonyl (C=O) groups is 1. The molecular formula is C11H11F3N2O. The molecule has 1 amide bonds. The average Bonchev–Trinajstić information content (AvgIpc) is 2.25. The Bertz CT molecular complexity index is 467. The highest BCUT2D eigenvalue weighted by Gasteiger charge is 2.36. The van der Waals surface area contributed by atoms with Crippen LogP contribution in [0.15, 0.2) is 12.6 Å². The molecule has 92 valence electrons. The van der Waals surface area contributed by atoms with E-state index in [1.54, 1.807) is 0 Å². The zero-order chi connectivity index (χ0) is 13.2. The summed E-state index contributed by atoms with van der Waals surface area (Å²) in [5.74, 6) is -0.834. The molecule has 0 fully saturated rings. The van der Waals surface area contributed by atoms with Crippen molar-refractivity contribution in [1.82, 2.24) is 10.3 Å². The van der Waals surface area contributed by atoms with E-state index in [-0.39, 0.29) is 11.4 Å². The highest BCUT2D eigenvalue weighted by Crippen LogP contribution is 2.33. The molecule has 0 saturated carbocycles. The lowest BCUT2D eigenvalue weighted by Crippen LogP contribution is -2.24. The van der Waals surface area contributed by atoms with E-state index in [9.17, 15) is 18.0 Å². The Hall–Kier alpha value is -1.85. The van der Waals surface area contributed by atoms with Crippen molar-refractivity contribution in [2.45, 2.75) is 13.1 Å². The number of aryl methyl sites for hydroxylation is 1. The van der Waals surface area contributed by atoms with Crippen LogP contribution in [0.2, 0.25) is 0 Å². The Balaban J connectivity index is 3.61. The molecule has 6 heteroatoms. The number of aromatic nitrogens is 1. The highest BCUT2D eigenvalue weighted by molar-refractivity contribution is 5.98. The third-order valence-corrected chi connectivity index (χ3v) is 2.13. The molecule has 1 rings (SSSR count). The molecule has 0 aliphatic rings. The number of pyridine rings is 1. The number of carbonyl (C=O) groups excluding carboxylic acids is 1. The first-order valence-corrected chi connectivity index (χ1v) is 4.74. The molecule has 0 atom stereocenters. The molecule has 0 aliphatic carbocycles. The van der Waals surface area contributed by atoms with Crippen molar-refractivity contribution in [1.29, 1.82) is 0 Å². The van der Waals surface area contributed by atoms with E-state index in [1.165, 1.54) is 14.0 Å². The van der Waals surface area contributed by atoms with Crippen LogP contribution in [0.5, 0.6) is 0 Å². The van der Waals surface area contributed by atoms with E-state index in [2.05, 4.69) is 16.9 Å². The van der Waals surface area contributed by atoms with Crippen LogP contribution >= 0.6 is 0 Å². The van der Waals surface area contributed by atoms with Crippen molar-refractivity contribution < 1.29 is 18.0 Å². The lowest BCUT2D eigenvalue weighted by Gasteiger charge is -2.14. The first-order valence-electron chi connectivity index (χ1n) is 4.74. The van der Waals surface area contributed by atoms with Gasteiger partial charge in [-0.15, -0.1) is 0 Å². The summed E-state index contributed by atoms with van der Waals surface area (Å²) in [4.78, 5) is 15.3. The van der Waals surface area contributed by atoms with Crippen LogP contribution in [-0.2, 0) is 6.18 Å². The first kappa shape index (κ1) is 13.2. The summed E-state index contributed by atoms with van der Waals surface area (Å²) in [5.41, 5.74) is -1.39. The van der Waals surface area contributed by atoms with Crippen molar-refractivity contribution in [3.05, 3.63) is 35.2 Å². The van der Waals surface area contributed by atoms with E-state index in [0.717, 1.165) is 12.1 Å². The maximum Gasteiger partial charge on any atom is 0.417 e. The fourth-order valence-corrected chi connectivity index (χ4v) is 1.43. The standard InChI is InChI=1S/C11H11F3N2O/c1-4-8-9(10(17)15-3)7(11(12,13)14)5-6(2)16-8/h4-5H,1H2,2-3H3,(H,15,17). The normalized spacial score (nSPS) is 11.1. The number of rotatable bonds is 2. The summed E-state index contributed by atoms with van der Waals surface area (Å²) in [6.07, 6.45) is -3.47. The lowest BCUT2D eigenvalue weighted by atomic mass is 10.0. The van der Waals surface area contributed by atoms with Gasteiger partial charge in [0.25, 0.3) is 5.91 Å². The lowest BCUT2D eigenvalue weighted by molar-refractivity contribution is -0.138. The van der Waals surface area contributed by atoms with Gasteiger partial charge in [0.2, 0.25) is 0 Å². The first-order chi connectivity index (χ1) is 7.81. The molecule has 0 radical (unpaired) electrons. The predicted molar refractivity (Wildman–Crippen MR) is 57.5 cm³/mol. The summed E-state index contributed by atoms with van der Waals surface area (Å²) in [6.45, 7) is 4.79. The Morgan fingerprint density at radius 2 is 2.12 bits per heavy atom. The van der Waals surface area contributed by atoms with Crippen molar-refractivity contribution in [3.8, 4) is 0 Å². The van der Waals surface area contributed by atoms with Crippen LogP contribution in [0.1, 0.15) is 27.3 Å². The second-order valence-corrected chi connectivity index (χ2v) is 3.35. The summed E-state index contributed by atoms with van der Waals surface area (Å²) in [6, 6.07) is 0.845. The molecule has 0 spiro atoms. The molecule has 3 nitrogen and oxygen atoms in total. The molecular weight excluding hydrogens is 233 g/mol. The topological polar surface area (TPSA) is 42.0 Å². The largest absolute Gasteiger partial charge is 0.417 e. The fraction of sp³-hybridized carbons (Fsp3) is 0.273.